The van der Waals surface area contributed by atoms with E-state index in [0.29, 0.717) is 13.1 Å². The summed E-state index contributed by atoms with van der Waals surface area (Å²) in [7, 11) is 0. The molecule has 1 aliphatic carbocycles. The van der Waals surface area contributed by atoms with Crippen LogP contribution in [0.1, 0.15) is 52.4 Å². The van der Waals surface area contributed by atoms with Gasteiger partial charge in [0.05, 0.1) is 0 Å². The molecule has 0 aromatic rings. The molecule has 1 atom stereocenters. The van der Waals surface area contributed by atoms with Gasteiger partial charge in [0.2, 0.25) is 11.8 Å². The van der Waals surface area contributed by atoms with Gasteiger partial charge in [-0.05, 0) is 31.6 Å². The van der Waals surface area contributed by atoms with Crippen LogP contribution >= 0.6 is 0 Å². The first kappa shape index (κ1) is 17.5. The monoisotopic (exact) mass is 298 g/mol. The molecule has 1 saturated carbocycles. The molecule has 0 spiro atoms. The van der Waals surface area contributed by atoms with E-state index in [1.54, 1.807) is 4.90 Å². The van der Waals surface area contributed by atoms with Crippen LogP contribution < -0.4 is 5.32 Å². The number of rotatable bonds is 10. The van der Waals surface area contributed by atoms with Crippen molar-refractivity contribution < 1.29 is 19.5 Å². The highest BCUT2D eigenvalue weighted by atomic mass is 16.4. The van der Waals surface area contributed by atoms with Crippen molar-refractivity contribution in [2.75, 3.05) is 13.1 Å². The molecular formula is C15H26N2O4. The summed E-state index contributed by atoms with van der Waals surface area (Å²) in [5, 5.41) is 11.6. The molecule has 21 heavy (non-hydrogen) atoms. The van der Waals surface area contributed by atoms with Crippen LogP contribution in [0.15, 0.2) is 0 Å². The van der Waals surface area contributed by atoms with Gasteiger partial charge in [-0.25, -0.2) is 4.79 Å². The Labute approximate surface area is 125 Å². The fourth-order valence-electron chi connectivity index (χ4n) is 2.34. The Bertz CT molecular complexity index is 374. The largest absolute Gasteiger partial charge is 0.480 e. The first-order valence-corrected chi connectivity index (χ1v) is 7.79. The summed E-state index contributed by atoms with van der Waals surface area (Å²) in [4.78, 5) is 36.6. The summed E-state index contributed by atoms with van der Waals surface area (Å²) < 4.78 is 0. The highest BCUT2D eigenvalue weighted by Gasteiger charge is 2.37. The van der Waals surface area contributed by atoms with Crippen molar-refractivity contribution in [1.82, 2.24) is 10.2 Å². The zero-order chi connectivity index (χ0) is 15.8. The van der Waals surface area contributed by atoms with E-state index < -0.39 is 12.0 Å². The van der Waals surface area contributed by atoms with Gasteiger partial charge in [-0.15, -0.1) is 0 Å². The second kappa shape index (κ2) is 8.64. The van der Waals surface area contributed by atoms with Crippen LogP contribution in [0.5, 0.6) is 0 Å². The Morgan fingerprint density at radius 3 is 2.14 bits per heavy atom. The maximum Gasteiger partial charge on any atom is 0.326 e. The van der Waals surface area contributed by atoms with Crippen LogP contribution in [0.3, 0.4) is 0 Å². The summed E-state index contributed by atoms with van der Waals surface area (Å²) in [5.41, 5.74) is 0. The number of hydrogen-bond donors (Lipinski definition) is 2. The minimum absolute atomic E-state index is 0.0350. The Morgan fingerprint density at radius 1 is 1.14 bits per heavy atom. The highest BCUT2D eigenvalue weighted by Crippen LogP contribution is 2.32. The van der Waals surface area contributed by atoms with Crippen molar-refractivity contribution in [2.45, 2.75) is 58.4 Å². The number of amides is 2. The van der Waals surface area contributed by atoms with Crippen LogP contribution in [-0.2, 0) is 14.4 Å². The maximum atomic E-state index is 12.0. The van der Waals surface area contributed by atoms with Crippen molar-refractivity contribution in [1.29, 1.82) is 0 Å². The predicted octanol–water partition coefficient (Wildman–Crippen LogP) is 1.39. The molecule has 0 saturated heterocycles. The predicted molar refractivity (Wildman–Crippen MR) is 78.7 cm³/mol. The molecule has 1 rings (SSSR count). The van der Waals surface area contributed by atoms with Crippen molar-refractivity contribution in [3.8, 4) is 0 Å². The van der Waals surface area contributed by atoms with Crippen molar-refractivity contribution in [3.63, 3.8) is 0 Å². The molecule has 6 heteroatoms. The smallest absolute Gasteiger partial charge is 0.326 e. The third-order valence-electron chi connectivity index (χ3n) is 3.58. The molecule has 1 unspecified atom stereocenters. The van der Waals surface area contributed by atoms with Gasteiger partial charge in [0, 0.05) is 25.9 Å². The summed E-state index contributed by atoms with van der Waals surface area (Å²) in [5.74, 6) is -1.32. The van der Waals surface area contributed by atoms with E-state index in [4.69, 9.17) is 5.11 Å². The molecular weight excluding hydrogens is 272 g/mol. The quantitative estimate of drug-likeness (QED) is 0.638. The average Bonchev–Trinajstić information content (AvgIpc) is 3.26. The van der Waals surface area contributed by atoms with E-state index >= 15 is 0 Å². The molecule has 0 radical (unpaired) electrons. The first-order valence-electron chi connectivity index (χ1n) is 7.79. The van der Waals surface area contributed by atoms with Gasteiger partial charge in [-0.1, -0.05) is 13.8 Å². The lowest BCUT2D eigenvalue weighted by atomic mass is 10.1. The van der Waals surface area contributed by atoms with E-state index in [0.717, 1.165) is 25.7 Å². The van der Waals surface area contributed by atoms with E-state index in [1.165, 1.54) is 0 Å². The van der Waals surface area contributed by atoms with E-state index in [1.807, 2.05) is 13.8 Å². The number of nitrogens with one attached hydrogen (secondary N) is 1. The number of carbonyl (C=O) groups is 3. The van der Waals surface area contributed by atoms with Crippen LogP contribution in [-0.4, -0.2) is 46.9 Å². The van der Waals surface area contributed by atoms with Crippen LogP contribution in [0.4, 0.5) is 0 Å². The Balaban J connectivity index is 2.36. The zero-order valence-electron chi connectivity index (χ0n) is 12.9. The summed E-state index contributed by atoms with van der Waals surface area (Å²) in [6.45, 7) is 5.42. The number of nitrogens with zero attached hydrogens (tertiary/aromatic N) is 1. The fraction of sp³-hybridized carbons (Fsp3) is 0.800. The molecule has 2 N–H and O–H groups in total. The minimum atomic E-state index is -0.990. The topological polar surface area (TPSA) is 86.7 Å². The first-order chi connectivity index (χ1) is 9.99. The van der Waals surface area contributed by atoms with Crippen LogP contribution in [0, 0.1) is 5.92 Å². The molecule has 1 aliphatic rings. The zero-order valence-corrected chi connectivity index (χ0v) is 12.9. The third-order valence-corrected chi connectivity index (χ3v) is 3.58. The Hall–Kier alpha value is -1.59. The highest BCUT2D eigenvalue weighted by molar-refractivity contribution is 5.87. The normalized spacial score (nSPS) is 15.3. The lowest BCUT2D eigenvalue weighted by molar-refractivity contribution is -0.142. The summed E-state index contributed by atoms with van der Waals surface area (Å²) in [6, 6.07) is -0.796. The SMILES string of the molecule is CCCN(CCC)C(=O)CCC(=O)NC(C(=O)O)C1CC1. The Kier molecular flexibility index (Phi) is 7.19. The summed E-state index contributed by atoms with van der Waals surface area (Å²) in [6.07, 6.45) is 3.66. The molecule has 0 bridgehead atoms. The van der Waals surface area contributed by atoms with Crippen molar-refractivity contribution >= 4 is 17.8 Å². The average molecular weight is 298 g/mol. The Morgan fingerprint density at radius 2 is 1.71 bits per heavy atom. The molecule has 1 fully saturated rings. The standard InChI is InChI=1S/C15H26N2O4/c1-3-9-17(10-4-2)13(19)8-7-12(18)16-14(15(20)21)11-5-6-11/h11,14H,3-10H2,1-2H3,(H,16,18)(H,20,21). The van der Waals surface area contributed by atoms with Gasteiger partial charge < -0.3 is 15.3 Å². The van der Waals surface area contributed by atoms with Gasteiger partial charge in [0.25, 0.3) is 0 Å². The second-order valence-corrected chi connectivity index (χ2v) is 5.60. The molecule has 120 valence electrons. The lowest BCUT2D eigenvalue weighted by Crippen LogP contribution is -2.42. The molecule has 0 heterocycles. The van der Waals surface area contributed by atoms with Crippen molar-refractivity contribution in [2.24, 2.45) is 5.92 Å². The molecule has 2 amide bonds. The maximum absolute atomic E-state index is 12.0. The van der Waals surface area contributed by atoms with E-state index in [2.05, 4.69) is 5.32 Å². The molecule has 0 aromatic carbocycles. The van der Waals surface area contributed by atoms with Crippen LogP contribution in [0.2, 0.25) is 0 Å². The van der Waals surface area contributed by atoms with Gasteiger partial charge >= 0.3 is 5.97 Å². The van der Waals surface area contributed by atoms with Gasteiger partial charge in [0.15, 0.2) is 0 Å². The van der Waals surface area contributed by atoms with Gasteiger partial charge in [-0.2, -0.15) is 0 Å². The number of carboxylic acids is 1. The lowest BCUT2D eigenvalue weighted by Gasteiger charge is -2.21. The second-order valence-electron chi connectivity index (χ2n) is 5.60. The van der Waals surface area contributed by atoms with E-state index in [-0.39, 0.29) is 30.6 Å². The van der Waals surface area contributed by atoms with Crippen molar-refractivity contribution in [3.05, 3.63) is 0 Å². The number of carboxylic acid groups (broad SMARTS) is 1. The van der Waals surface area contributed by atoms with Gasteiger partial charge in [0.1, 0.15) is 6.04 Å². The molecule has 0 aromatic heterocycles. The molecule has 6 nitrogen and oxygen atoms in total. The van der Waals surface area contributed by atoms with Gasteiger partial charge in [-0.3, -0.25) is 9.59 Å². The number of carbonyl (C=O) groups excluding carboxylic acids is 2. The van der Waals surface area contributed by atoms with E-state index in [9.17, 15) is 14.4 Å². The number of aliphatic carboxylic acids is 1. The molecule has 0 aliphatic heterocycles. The summed E-state index contributed by atoms with van der Waals surface area (Å²) >= 11 is 0. The fourth-order valence-corrected chi connectivity index (χ4v) is 2.34. The van der Waals surface area contributed by atoms with Crippen LogP contribution in [0.25, 0.3) is 0 Å². The third kappa shape index (κ3) is 6.14. The minimum Gasteiger partial charge on any atom is -0.480 e. The number of hydrogen-bond acceptors (Lipinski definition) is 3.